The number of nitrogens with one attached hydrogen (secondary N) is 1. The van der Waals surface area contributed by atoms with Gasteiger partial charge in [0.1, 0.15) is 22.9 Å². The predicted molar refractivity (Wildman–Crippen MR) is 129 cm³/mol. The summed E-state index contributed by atoms with van der Waals surface area (Å²) in [4.78, 5) is 22.8. The molecule has 174 valence electrons. The monoisotopic (exact) mass is 448 g/mol. The topological polar surface area (TPSA) is 66.4 Å². The first-order valence-corrected chi connectivity index (χ1v) is 11.8. The lowest BCUT2D eigenvalue weighted by Gasteiger charge is -2.34. The molecule has 33 heavy (non-hydrogen) atoms. The molecule has 0 bridgehead atoms. The molecule has 2 saturated heterocycles. The van der Waals surface area contributed by atoms with Gasteiger partial charge in [-0.25, -0.2) is 4.79 Å². The lowest BCUT2D eigenvalue weighted by molar-refractivity contribution is 0.250. The molecule has 0 aromatic heterocycles. The van der Waals surface area contributed by atoms with Crippen molar-refractivity contribution in [1.29, 1.82) is 0 Å². The van der Waals surface area contributed by atoms with Crippen LogP contribution < -0.4 is 19.7 Å². The van der Waals surface area contributed by atoms with Crippen molar-refractivity contribution in [2.75, 3.05) is 32.2 Å². The number of aliphatic imine (C=N–C) groups is 1. The summed E-state index contributed by atoms with van der Waals surface area (Å²) in [5, 5.41) is 3.15. The van der Waals surface area contributed by atoms with Crippen molar-refractivity contribution < 1.29 is 14.3 Å². The number of ether oxygens (including phenoxy) is 2. The van der Waals surface area contributed by atoms with Gasteiger partial charge in [0.05, 0.1) is 25.9 Å². The van der Waals surface area contributed by atoms with Crippen LogP contribution in [0.4, 0.5) is 10.5 Å². The van der Waals surface area contributed by atoms with E-state index < -0.39 is 5.54 Å². The fourth-order valence-electron chi connectivity index (χ4n) is 5.43. The third kappa shape index (κ3) is 4.17. The Bertz CT molecular complexity index is 1030. The van der Waals surface area contributed by atoms with E-state index in [1.54, 1.807) is 14.2 Å². The molecule has 1 N–H and O–H groups in total. The molecular formula is C26H32N4O3. The van der Waals surface area contributed by atoms with Gasteiger partial charge < -0.3 is 9.47 Å². The number of nitrogens with zero attached hydrogens (tertiary/aromatic N) is 3. The Labute approximate surface area is 195 Å². The first kappa shape index (κ1) is 21.8. The molecule has 2 heterocycles. The van der Waals surface area contributed by atoms with Crippen LogP contribution in [0.25, 0.3) is 0 Å². The maximum atomic E-state index is 13.3. The van der Waals surface area contributed by atoms with Crippen molar-refractivity contribution in [2.45, 2.75) is 50.2 Å². The van der Waals surface area contributed by atoms with Crippen LogP contribution in [0.5, 0.6) is 11.5 Å². The number of amidine groups is 1. The van der Waals surface area contributed by atoms with E-state index in [0.29, 0.717) is 6.04 Å². The highest BCUT2D eigenvalue weighted by Crippen LogP contribution is 2.39. The molecule has 5 rings (SSSR count). The van der Waals surface area contributed by atoms with Gasteiger partial charge in [0, 0.05) is 25.7 Å². The van der Waals surface area contributed by atoms with Gasteiger partial charge in [0.2, 0.25) is 0 Å². The van der Waals surface area contributed by atoms with Crippen molar-refractivity contribution in [1.82, 2.24) is 10.2 Å². The molecule has 2 aromatic rings. The van der Waals surface area contributed by atoms with E-state index >= 15 is 0 Å². The van der Waals surface area contributed by atoms with Crippen molar-refractivity contribution in [2.24, 2.45) is 4.99 Å². The summed E-state index contributed by atoms with van der Waals surface area (Å²) >= 11 is 0. The van der Waals surface area contributed by atoms with Crippen LogP contribution in [0.15, 0.2) is 53.5 Å². The number of hydrogen-bond donors (Lipinski definition) is 1. The smallest absolute Gasteiger partial charge is 0.328 e. The van der Waals surface area contributed by atoms with Crippen LogP contribution in [0.1, 0.15) is 37.7 Å². The van der Waals surface area contributed by atoms with E-state index in [4.69, 9.17) is 14.5 Å². The molecule has 2 amide bonds. The zero-order valence-electron chi connectivity index (χ0n) is 19.4. The van der Waals surface area contributed by atoms with E-state index in [0.717, 1.165) is 61.9 Å². The van der Waals surface area contributed by atoms with Gasteiger partial charge >= 0.3 is 6.03 Å². The second-order valence-corrected chi connectivity index (χ2v) is 9.22. The minimum absolute atomic E-state index is 0.105. The van der Waals surface area contributed by atoms with E-state index in [9.17, 15) is 4.79 Å². The van der Waals surface area contributed by atoms with Crippen molar-refractivity contribution in [3.05, 3.63) is 54.1 Å². The number of amides is 2. The molecule has 2 aromatic carbocycles. The second kappa shape index (κ2) is 9.06. The third-order valence-electron chi connectivity index (χ3n) is 7.14. The number of rotatable bonds is 6. The standard InChI is InChI=1S/C26H32N4O3/c1-32-22-12-10-19(11-13-22)17-29-15-14-26(18-29)24(27-20-6-3-4-7-20)28-25(31)30(26)21-8-5-9-23(16-21)33-2/h5,8-13,16,20H,3-4,6-7,14-15,17-18H2,1-2H3,(H,27,28,31). The minimum Gasteiger partial charge on any atom is -0.497 e. The zero-order valence-corrected chi connectivity index (χ0v) is 19.4. The Hall–Kier alpha value is -3.06. The van der Waals surface area contributed by atoms with Crippen LogP contribution in [-0.4, -0.2) is 55.7 Å². The second-order valence-electron chi connectivity index (χ2n) is 9.22. The SMILES string of the molecule is COc1ccc(CN2CCC3(C2)C(=NC2CCCC2)NC(=O)N3c2cccc(OC)c2)cc1. The first-order valence-electron chi connectivity index (χ1n) is 11.8. The lowest BCUT2D eigenvalue weighted by atomic mass is 9.95. The van der Waals surface area contributed by atoms with E-state index in [1.807, 2.05) is 41.3 Å². The van der Waals surface area contributed by atoms with E-state index in [-0.39, 0.29) is 6.03 Å². The predicted octanol–water partition coefficient (Wildman–Crippen LogP) is 4.22. The van der Waals surface area contributed by atoms with Gasteiger partial charge in [-0.1, -0.05) is 31.0 Å². The van der Waals surface area contributed by atoms with Crippen LogP contribution in [0, 0.1) is 0 Å². The van der Waals surface area contributed by atoms with Gasteiger partial charge in [-0.2, -0.15) is 0 Å². The summed E-state index contributed by atoms with van der Waals surface area (Å²) in [6.45, 7) is 2.45. The quantitative estimate of drug-likeness (QED) is 0.719. The molecule has 7 nitrogen and oxygen atoms in total. The van der Waals surface area contributed by atoms with Crippen molar-refractivity contribution in [3.63, 3.8) is 0 Å². The number of benzene rings is 2. The van der Waals surface area contributed by atoms with E-state index in [2.05, 4.69) is 22.3 Å². The lowest BCUT2D eigenvalue weighted by Crippen LogP contribution is -2.52. The summed E-state index contributed by atoms with van der Waals surface area (Å²) in [7, 11) is 3.33. The highest BCUT2D eigenvalue weighted by Gasteiger charge is 2.55. The van der Waals surface area contributed by atoms with E-state index in [1.165, 1.54) is 18.4 Å². The Balaban J connectivity index is 1.46. The Morgan fingerprint density at radius 1 is 1.06 bits per heavy atom. The van der Waals surface area contributed by atoms with Gasteiger partial charge in [-0.3, -0.25) is 20.1 Å². The Morgan fingerprint density at radius 3 is 2.55 bits per heavy atom. The molecule has 7 heteroatoms. The molecule has 1 spiro atoms. The van der Waals surface area contributed by atoms with Crippen LogP contribution in [0.2, 0.25) is 0 Å². The molecule has 3 aliphatic rings. The van der Waals surface area contributed by atoms with Crippen LogP contribution in [0.3, 0.4) is 0 Å². The van der Waals surface area contributed by atoms with Crippen LogP contribution >= 0.6 is 0 Å². The molecule has 0 radical (unpaired) electrons. The summed E-state index contributed by atoms with van der Waals surface area (Å²) in [5.41, 5.74) is 1.58. The maximum Gasteiger partial charge on any atom is 0.328 e. The average Bonchev–Trinajstić information content (AvgIpc) is 3.56. The molecular weight excluding hydrogens is 416 g/mol. The zero-order chi connectivity index (χ0) is 22.8. The normalized spacial score (nSPS) is 24.7. The highest BCUT2D eigenvalue weighted by molar-refractivity contribution is 6.19. The van der Waals surface area contributed by atoms with Gasteiger partial charge in [-0.05, 0) is 49.1 Å². The van der Waals surface area contributed by atoms with Crippen LogP contribution in [-0.2, 0) is 6.54 Å². The summed E-state index contributed by atoms with van der Waals surface area (Å²) in [5.74, 6) is 2.43. The average molecular weight is 449 g/mol. The number of hydrogen-bond acceptors (Lipinski definition) is 5. The number of carbonyl (C=O) groups excluding carboxylic acids is 1. The number of likely N-dealkylation sites (tertiary alicyclic amines) is 1. The molecule has 1 saturated carbocycles. The number of anilines is 1. The van der Waals surface area contributed by atoms with Gasteiger partial charge in [0.25, 0.3) is 0 Å². The number of urea groups is 1. The fourth-order valence-corrected chi connectivity index (χ4v) is 5.43. The van der Waals surface area contributed by atoms with Crippen molar-refractivity contribution in [3.8, 4) is 11.5 Å². The summed E-state index contributed by atoms with van der Waals surface area (Å²) < 4.78 is 10.7. The molecule has 1 aliphatic carbocycles. The van der Waals surface area contributed by atoms with Gasteiger partial charge in [-0.15, -0.1) is 0 Å². The molecule has 1 atom stereocenters. The molecule has 1 unspecified atom stereocenters. The first-order chi connectivity index (χ1) is 16.1. The maximum absolute atomic E-state index is 13.3. The number of methoxy groups -OCH3 is 2. The summed E-state index contributed by atoms with van der Waals surface area (Å²) in [6.07, 6.45) is 5.47. The molecule has 3 fully saturated rings. The molecule has 2 aliphatic heterocycles. The van der Waals surface area contributed by atoms with Gasteiger partial charge in [0.15, 0.2) is 0 Å². The Morgan fingerprint density at radius 2 is 1.82 bits per heavy atom. The minimum atomic E-state index is -0.488. The largest absolute Gasteiger partial charge is 0.497 e. The fraction of sp³-hybridized carbons (Fsp3) is 0.462. The highest BCUT2D eigenvalue weighted by atomic mass is 16.5. The number of carbonyl (C=O) groups is 1. The third-order valence-corrected chi connectivity index (χ3v) is 7.14. The summed E-state index contributed by atoms with van der Waals surface area (Å²) in [6, 6.07) is 16.2. The Kier molecular flexibility index (Phi) is 5.98. The van der Waals surface area contributed by atoms with Crippen molar-refractivity contribution >= 4 is 17.6 Å².